The molecule has 2 rings (SSSR count). The fraction of sp³-hybridized carbons (Fsp3) is 0.333. The van der Waals surface area contributed by atoms with Gasteiger partial charge in [0.2, 0.25) is 11.8 Å². The van der Waals surface area contributed by atoms with E-state index in [4.69, 9.17) is 6.42 Å². The van der Waals surface area contributed by atoms with Crippen molar-refractivity contribution in [3.63, 3.8) is 0 Å². The largest absolute Gasteiger partial charge is 0.344 e. The van der Waals surface area contributed by atoms with Crippen molar-refractivity contribution in [1.29, 1.82) is 0 Å². The lowest BCUT2D eigenvalue weighted by atomic mass is 10.1. The number of carbonyl (C=O) groups excluding carboxylic acids is 2. The summed E-state index contributed by atoms with van der Waals surface area (Å²) < 4.78 is 0. The van der Waals surface area contributed by atoms with Crippen LogP contribution in [0.25, 0.3) is 0 Å². The predicted octanol–water partition coefficient (Wildman–Crippen LogP) is 0.579. The van der Waals surface area contributed by atoms with Gasteiger partial charge in [-0.3, -0.25) is 9.59 Å². The first-order chi connectivity index (χ1) is 9.20. The molecule has 2 amide bonds. The number of nitrogens with one attached hydrogen (secondary N) is 1. The number of rotatable bonds is 3. The molecule has 1 unspecified atom stereocenters. The molecule has 0 spiro atoms. The van der Waals surface area contributed by atoms with Crippen LogP contribution in [0, 0.1) is 12.3 Å². The van der Waals surface area contributed by atoms with E-state index in [-0.39, 0.29) is 18.4 Å². The summed E-state index contributed by atoms with van der Waals surface area (Å²) >= 11 is 0. The second-order valence-corrected chi connectivity index (χ2v) is 4.52. The maximum Gasteiger partial charge on any atom is 0.246 e. The van der Waals surface area contributed by atoms with Crippen LogP contribution in [0.2, 0.25) is 0 Å². The Bertz CT molecular complexity index is 505. The second kappa shape index (κ2) is 6.05. The zero-order valence-corrected chi connectivity index (χ0v) is 10.6. The van der Waals surface area contributed by atoms with Gasteiger partial charge >= 0.3 is 0 Å². The van der Waals surface area contributed by atoms with Gasteiger partial charge in [0.25, 0.3) is 0 Å². The quantitative estimate of drug-likeness (QED) is 0.804. The van der Waals surface area contributed by atoms with Crippen molar-refractivity contribution in [2.24, 2.45) is 0 Å². The molecule has 98 valence electrons. The van der Waals surface area contributed by atoms with E-state index in [1.165, 1.54) is 0 Å². The molecule has 4 nitrogen and oxygen atoms in total. The minimum absolute atomic E-state index is 0.103. The fourth-order valence-electron chi connectivity index (χ4n) is 2.15. The minimum atomic E-state index is -0.522. The number of amides is 2. The molecule has 19 heavy (non-hydrogen) atoms. The summed E-state index contributed by atoms with van der Waals surface area (Å²) in [6, 6.07) is 9.10. The maximum atomic E-state index is 12.3. The molecule has 1 aromatic rings. The molecule has 4 heteroatoms. The van der Waals surface area contributed by atoms with E-state index >= 15 is 0 Å². The van der Waals surface area contributed by atoms with Crippen LogP contribution in [0.15, 0.2) is 30.3 Å². The number of terminal acetylenes is 1. The van der Waals surface area contributed by atoms with E-state index in [1.807, 2.05) is 30.3 Å². The first-order valence-corrected chi connectivity index (χ1v) is 6.26. The van der Waals surface area contributed by atoms with Gasteiger partial charge in [0.05, 0.1) is 6.54 Å². The molecule has 1 aromatic carbocycles. The molecule has 1 aliphatic heterocycles. The molecule has 1 atom stereocenters. The van der Waals surface area contributed by atoms with Crippen LogP contribution in [0.3, 0.4) is 0 Å². The Morgan fingerprint density at radius 3 is 2.74 bits per heavy atom. The van der Waals surface area contributed by atoms with Gasteiger partial charge < -0.3 is 10.2 Å². The van der Waals surface area contributed by atoms with Crippen molar-refractivity contribution in [1.82, 2.24) is 10.2 Å². The zero-order chi connectivity index (χ0) is 13.7. The highest BCUT2D eigenvalue weighted by Crippen LogP contribution is 2.09. The third-order valence-corrected chi connectivity index (χ3v) is 3.12. The smallest absolute Gasteiger partial charge is 0.246 e. The summed E-state index contributed by atoms with van der Waals surface area (Å²) in [7, 11) is 0. The molecule has 1 N–H and O–H groups in total. The molecular weight excluding hydrogens is 240 g/mol. The van der Waals surface area contributed by atoms with Crippen LogP contribution < -0.4 is 5.32 Å². The number of hydrogen-bond donors (Lipinski definition) is 1. The van der Waals surface area contributed by atoms with Crippen LogP contribution in [-0.4, -0.2) is 35.8 Å². The molecule has 0 bridgehead atoms. The van der Waals surface area contributed by atoms with Crippen LogP contribution in [0.5, 0.6) is 0 Å². The summed E-state index contributed by atoms with van der Waals surface area (Å²) in [5.41, 5.74) is 1.02. The Morgan fingerprint density at radius 1 is 1.32 bits per heavy atom. The van der Waals surface area contributed by atoms with Crippen LogP contribution >= 0.6 is 0 Å². The Labute approximate surface area is 112 Å². The van der Waals surface area contributed by atoms with Gasteiger partial charge in [-0.15, -0.1) is 6.42 Å². The van der Waals surface area contributed by atoms with Crippen molar-refractivity contribution in [3.05, 3.63) is 35.9 Å². The lowest BCUT2D eigenvalue weighted by molar-refractivity contribution is -0.132. The highest BCUT2D eigenvalue weighted by atomic mass is 16.2. The molecule has 1 fully saturated rings. The first kappa shape index (κ1) is 13.2. The molecule has 0 saturated carbocycles. The van der Waals surface area contributed by atoms with Gasteiger partial charge in [-0.25, -0.2) is 0 Å². The van der Waals surface area contributed by atoms with Crippen molar-refractivity contribution in [2.75, 3.05) is 13.1 Å². The number of hydrogen-bond acceptors (Lipinski definition) is 2. The predicted molar refractivity (Wildman–Crippen MR) is 72.1 cm³/mol. The average Bonchev–Trinajstić information content (AvgIpc) is 2.54. The summed E-state index contributed by atoms with van der Waals surface area (Å²) in [5, 5.41) is 2.77. The number of nitrogens with zero attached hydrogens (tertiary/aromatic N) is 1. The number of carbonyl (C=O) groups is 2. The fourth-order valence-corrected chi connectivity index (χ4v) is 2.15. The Kier molecular flexibility index (Phi) is 4.19. The van der Waals surface area contributed by atoms with E-state index in [1.54, 1.807) is 4.90 Å². The Balaban J connectivity index is 2.14. The number of benzene rings is 1. The average molecular weight is 256 g/mol. The maximum absolute atomic E-state index is 12.3. The summed E-state index contributed by atoms with van der Waals surface area (Å²) in [4.78, 5) is 25.5. The Hall–Kier alpha value is -2.28. The van der Waals surface area contributed by atoms with Gasteiger partial charge in [-0.05, 0) is 5.56 Å². The van der Waals surface area contributed by atoms with E-state index in [0.29, 0.717) is 19.4 Å². The third-order valence-electron chi connectivity index (χ3n) is 3.12. The Morgan fingerprint density at radius 2 is 2.05 bits per heavy atom. The molecule has 0 radical (unpaired) electrons. The summed E-state index contributed by atoms with van der Waals surface area (Å²) in [5.74, 6) is 2.25. The molecule has 1 heterocycles. The summed E-state index contributed by atoms with van der Waals surface area (Å²) in [6.45, 7) is 0.638. The monoisotopic (exact) mass is 256 g/mol. The first-order valence-electron chi connectivity index (χ1n) is 6.26. The lowest BCUT2D eigenvalue weighted by Crippen LogP contribution is -2.46. The minimum Gasteiger partial charge on any atom is -0.344 e. The van der Waals surface area contributed by atoms with Crippen molar-refractivity contribution >= 4 is 11.8 Å². The highest BCUT2D eigenvalue weighted by Gasteiger charge is 2.29. The van der Waals surface area contributed by atoms with Gasteiger partial charge in [-0.1, -0.05) is 36.3 Å². The standard InChI is InChI=1S/C15H16N2O2/c1-2-9-17-10-8-14(18)16-13(15(17)19)11-12-6-4-3-5-7-12/h1,3-7,13H,8-11H2,(H,16,18). The normalized spacial score (nSPS) is 19.5. The van der Waals surface area contributed by atoms with Gasteiger partial charge in [0, 0.05) is 19.4 Å². The van der Waals surface area contributed by atoms with E-state index in [0.717, 1.165) is 5.56 Å². The summed E-state index contributed by atoms with van der Waals surface area (Å²) in [6.07, 6.45) is 6.05. The highest BCUT2D eigenvalue weighted by molar-refractivity contribution is 5.90. The van der Waals surface area contributed by atoms with Gasteiger partial charge in [0.1, 0.15) is 6.04 Å². The zero-order valence-electron chi connectivity index (χ0n) is 10.6. The third kappa shape index (κ3) is 3.35. The molecular formula is C15H16N2O2. The van der Waals surface area contributed by atoms with Gasteiger partial charge in [0.15, 0.2) is 0 Å². The SMILES string of the molecule is C#CCN1CCC(=O)NC(Cc2ccccc2)C1=O. The van der Waals surface area contributed by atoms with E-state index in [9.17, 15) is 9.59 Å². The molecule has 1 aliphatic rings. The van der Waals surface area contributed by atoms with Crippen LogP contribution in [-0.2, 0) is 16.0 Å². The topological polar surface area (TPSA) is 49.4 Å². The molecule has 1 saturated heterocycles. The molecule has 0 aliphatic carbocycles. The van der Waals surface area contributed by atoms with Crippen molar-refractivity contribution in [3.8, 4) is 12.3 Å². The van der Waals surface area contributed by atoms with Crippen LogP contribution in [0.1, 0.15) is 12.0 Å². The second-order valence-electron chi connectivity index (χ2n) is 4.52. The van der Waals surface area contributed by atoms with E-state index < -0.39 is 6.04 Å². The lowest BCUT2D eigenvalue weighted by Gasteiger charge is -2.22. The van der Waals surface area contributed by atoms with E-state index in [2.05, 4.69) is 11.2 Å². The van der Waals surface area contributed by atoms with Crippen molar-refractivity contribution in [2.45, 2.75) is 18.9 Å². The molecule has 0 aromatic heterocycles. The van der Waals surface area contributed by atoms with Gasteiger partial charge in [-0.2, -0.15) is 0 Å². The van der Waals surface area contributed by atoms with Crippen LogP contribution in [0.4, 0.5) is 0 Å². The van der Waals surface area contributed by atoms with Crippen molar-refractivity contribution < 1.29 is 9.59 Å².